The molecule has 0 radical (unpaired) electrons. The van der Waals surface area contributed by atoms with E-state index in [4.69, 9.17) is 11.2 Å². The van der Waals surface area contributed by atoms with Crippen LogP contribution < -0.4 is 0 Å². The Bertz CT molecular complexity index is 202. The summed E-state index contributed by atoms with van der Waals surface area (Å²) in [6.07, 6.45) is 5.64. The molecule has 1 saturated heterocycles. The van der Waals surface area contributed by atoms with Crippen LogP contribution in [-0.4, -0.2) is 11.6 Å². The fourth-order valence-corrected chi connectivity index (χ4v) is 0.995. The molecule has 0 saturated carbocycles. The van der Waals surface area contributed by atoms with E-state index in [1.54, 1.807) is 6.92 Å². The summed E-state index contributed by atoms with van der Waals surface area (Å²) in [5.74, 6) is 2.43. The summed E-state index contributed by atoms with van der Waals surface area (Å²) < 4.78 is 4.94. The van der Waals surface area contributed by atoms with E-state index in [9.17, 15) is 4.79 Å². The van der Waals surface area contributed by atoms with Crippen LogP contribution >= 0.6 is 0 Å². The summed E-state index contributed by atoms with van der Waals surface area (Å²) in [7, 11) is 0. The zero-order chi connectivity index (χ0) is 7.78. The van der Waals surface area contributed by atoms with Gasteiger partial charge >= 0.3 is 5.97 Å². The SMILES string of the molecule is C#CC1(C)OC(=O)CC1C. The summed E-state index contributed by atoms with van der Waals surface area (Å²) in [6, 6.07) is 0. The lowest BCUT2D eigenvalue weighted by Gasteiger charge is -2.19. The van der Waals surface area contributed by atoms with E-state index in [2.05, 4.69) is 5.92 Å². The molecule has 10 heavy (non-hydrogen) atoms. The molecule has 0 aliphatic carbocycles. The molecule has 0 spiro atoms. The predicted octanol–water partition coefficient (Wildman–Crippen LogP) is 0.961. The van der Waals surface area contributed by atoms with Gasteiger partial charge in [0.25, 0.3) is 0 Å². The molecule has 1 rings (SSSR count). The normalized spacial score (nSPS) is 38.9. The van der Waals surface area contributed by atoms with Gasteiger partial charge in [-0.25, -0.2) is 0 Å². The third-order valence-corrected chi connectivity index (χ3v) is 2.03. The molecular formula is C8H10O2. The van der Waals surface area contributed by atoms with Gasteiger partial charge in [-0.1, -0.05) is 12.8 Å². The van der Waals surface area contributed by atoms with Crippen LogP contribution in [0.3, 0.4) is 0 Å². The Balaban J connectivity index is 2.83. The molecule has 2 heteroatoms. The van der Waals surface area contributed by atoms with E-state index in [1.807, 2.05) is 6.92 Å². The summed E-state index contributed by atoms with van der Waals surface area (Å²) in [5, 5.41) is 0. The molecule has 54 valence electrons. The molecule has 0 aromatic carbocycles. The van der Waals surface area contributed by atoms with Crippen molar-refractivity contribution in [2.24, 2.45) is 5.92 Å². The molecule has 0 amide bonds. The minimum atomic E-state index is -0.656. The van der Waals surface area contributed by atoms with E-state index >= 15 is 0 Å². The molecule has 0 bridgehead atoms. The van der Waals surface area contributed by atoms with Crippen LogP contribution in [0.15, 0.2) is 0 Å². The highest BCUT2D eigenvalue weighted by Crippen LogP contribution is 2.31. The summed E-state index contributed by atoms with van der Waals surface area (Å²) in [5.41, 5.74) is -0.656. The van der Waals surface area contributed by atoms with E-state index in [1.165, 1.54) is 0 Å². The van der Waals surface area contributed by atoms with Crippen LogP contribution in [0.1, 0.15) is 20.3 Å². The standard InChI is InChI=1S/C8H10O2/c1-4-8(3)6(2)5-7(9)10-8/h1,6H,5H2,2-3H3. The maximum Gasteiger partial charge on any atom is 0.307 e. The molecule has 0 N–H and O–H groups in total. The molecule has 1 heterocycles. The Kier molecular flexibility index (Phi) is 1.44. The van der Waals surface area contributed by atoms with Crippen LogP contribution in [0.25, 0.3) is 0 Å². The van der Waals surface area contributed by atoms with Gasteiger partial charge in [-0.2, -0.15) is 0 Å². The van der Waals surface area contributed by atoms with Crippen molar-refractivity contribution >= 4 is 5.97 Å². The molecule has 0 aromatic rings. The largest absolute Gasteiger partial charge is 0.446 e. The highest BCUT2D eigenvalue weighted by molar-refractivity contribution is 5.73. The molecule has 1 aliphatic heterocycles. The topological polar surface area (TPSA) is 26.3 Å². The zero-order valence-electron chi connectivity index (χ0n) is 6.18. The minimum absolute atomic E-state index is 0.144. The number of esters is 1. The number of carbonyl (C=O) groups is 1. The van der Waals surface area contributed by atoms with Gasteiger partial charge in [0.15, 0.2) is 5.60 Å². The molecule has 2 nitrogen and oxygen atoms in total. The number of ether oxygens (including phenoxy) is 1. The fourth-order valence-electron chi connectivity index (χ4n) is 0.995. The first kappa shape index (κ1) is 7.14. The average molecular weight is 138 g/mol. The minimum Gasteiger partial charge on any atom is -0.446 e. The van der Waals surface area contributed by atoms with Gasteiger partial charge in [0.1, 0.15) is 0 Å². The molecule has 2 atom stereocenters. The van der Waals surface area contributed by atoms with Gasteiger partial charge in [0.05, 0.1) is 6.42 Å². The second-order valence-electron chi connectivity index (χ2n) is 2.83. The Morgan fingerprint density at radius 1 is 1.90 bits per heavy atom. The molecule has 1 aliphatic rings. The Labute approximate surface area is 60.6 Å². The highest BCUT2D eigenvalue weighted by atomic mass is 16.6. The first-order valence-electron chi connectivity index (χ1n) is 3.28. The van der Waals surface area contributed by atoms with E-state index < -0.39 is 5.60 Å². The van der Waals surface area contributed by atoms with Gasteiger partial charge in [-0.05, 0) is 6.92 Å². The third-order valence-electron chi connectivity index (χ3n) is 2.03. The Hall–Kier alpha value is -0.970. The van der Waals surface area contributed by atoms with Gasteiger partial charge < -0.3 is 4.74 Å². The van der Waals surface area contributed by atoms with Crippen LogP contribution in [0, 0.1) is 18.3 Å². The molecular weight excluding hydrogens is 128 g/mol. The quantitative estimate of drug-likeness (QED) is 0.368. The van der Waals surface area contributed by atoms with Crippen LogP contribution in [-0.2, 0) is 9.53 Å². The Morgan fingerprint density at radius 3 is 2.70 bits per heavy atom. The van der Waals surface area contributed by atoms with Gasteiger partial charge in [0.2, 0.25) is 0 Å². The number of terminal acetylenes is 1. The number of carbonyl (C=O) groups excluding carboxylic acids is 1. The van der Waals surface area contributed by atoms with Crippen molar-refractivity contribution in [1.29, 1.82) is 0 Å². The lowest BCUT2D eigenvalue weighted by molar-refractivity contribution is -0.144. The number of hydrogen-bond donors (Lipinski definition) is 0. The first-order valence-corrected chi connectivity index (χ1v) is 3.28. The van der Waals surface area contributed by atoms with Gasteiger partial charge in [-0.15, -0.1) is 6.42 Å². The summed E-state index contributed by atoms with van der Waals surface area (Å²) in [4.78, 5) is 10.7. The van der Waals surface area contributed by atoms with Crippen LogP contribution in [0.5, 0.6) is 0 Å². The van der Waals surface area contributed by atoms with E-state index in [0.29, 0.717) is 6.42 Å². The maximum atomic E-state index is 10.7. The molecule has 1 fully saturated rings. The van der Waals surface area contributed by atoms with Crippen molar-refractivity contribution in [2.75, 3.05) is 0 Å². The van der Waals surface area contributed by atoms with Gasteiger partial charge in [0, 0.05) is 5.92 Å². The Morgan fingerprint density at radius 2 is 2.50 bits per heavy atom. The van der Waals surface area contributed by atoms with Crippen molar-refractivity contribution < 1.29 is 9.53 Å². The average Bonchev–Trinajstić information content (AvgIpc) is 2.09. The summed E-state index contributed by atoms with van der Waals surface area (Å²) in [6.45, 7) is 3.69. The highest BCUT2D eigenvalue weighted by Gasteiger charge is 2.41. The van der Waals surface area contributed by atoms with Crippen molar-refractivity contribution in [2.45, 2.75) is 25.9 Å². The second kappa shape index (κ2) is 2.02. The van der Waals surface area contributed by atoms with E-state index in [0.717, 1.165) is 0 Å². The van der Waals surface area contributed by atoms with Crippen molar-refractivity contribution in [3.8, 4) is 12.3 Å². The maximum absolute atomic E-state index is 10.7. The van der Waals surface area contributed by atoms with Crippen molar-refractivity contribution in [1.82, 2.24) is 0 Å². The molecule has 0 aromatic heterocycles. The number of hydrogen-bond acceptors (Lipinski definition) is 2. The third kappa shape index (κ3) is 0.881. The fraction of sp³-hybridized carbons (Fsp3) is 0.625. The summed E-state index contributed by atoms with van der Waals surface area (Å²) >= 11 is 0. The smallest absolute Gasteiger partial charge is 0.307 e. The second-order valence-corrected chi connectivity index (χ2v) is 2.83. The lowest BCUT2D eigenvalue weighted by Crippen LogP contribution is -2.27. The lowest BCUT2D eigenvalue weighted by atomic mass is 9.92. The zero-order valence-corrected chi connectivity index (χ0v) is 6.18. The van der Waals surface area contributed by atoms with E-state index in [-0.39, 0.29) is 11.9 Å². The van der Waals surface area contributed by atoms with Gasteiger partial charge in [-0.3, -0.25) is 4.79 Å². The van der Waals surface area contributed by atoms with Crippen LogP contribution in [0.2, 0.25) is 0 Å². The van der Waals surface area contributed by atoms with Crippen LogP contribution in [0.4, 0.5) is 0 Å². The predicted molar refractivity (Wildman–Crippen MR) is 37.1 cm³/mol. The number of cyclic esters (lactones) is 1. The monoisotopic (exact) mass is 138 g/mol. The number of rotatable bonds is 0. The van der Waals surface area contributed by atoms with Crippen molar-refractivity contribution in [3.05, 3.63) is 0 Å². The van der Waals surface area contributed by atoms with Crippen molar-refractivity contribution in [3.63, 3.8) is 0 Å². The molecule has 2 unspecified atom stereocenters. The first-order chi connectivity index (χ1) is 4.58.